The Labute approximate surface area is 120 Å². The van der Waals surface area contributed by atoms with Gasteiger partial charge < -0.3 is 9.80 Å². The topological polar surface area (TPSA) is 23.6 Å². The van der Waals surface area contributed by atoms with Crippen molar-refractivity contribution in [3.63, 3.8) is 0 Å². The number of amides is 1. The summed E-state index contributed by atoms with van der Waals surface area (Å²) >= 11 is 5.82. The fourth-order valence-electron chi connectivity index (χ4n) is 2.54. The molecule has 0 saturated carbocycles. The van der Waals surface area contributed by atoms with Gasteiger partial charge in [-0.15, -0.1) is 11.6 Å². The Balaban J connectivity index is 2.05. The third kappa shape index (κ3) is 3.48. The second kappa shape index (κ2) is 6.40. The Morgan fingerprint density at radius 1 is 1.42 bits per heavy atom. The summed E-state index contributed by atoms with van der Waals surface area (Å²) in [6.45, 7) is 2.12. The third-order valence-corrected chi connectivity index (χ3v) is 4.19. The minimum absolute atomic E-state index is 0.0986. The average Bonchev–Trinajstić information content (AvgIpc) is 2.46. The van der Waals surface area contributed by atoms with Gasteiger partial charge in [-0.25, -0.2) is 0 Å². The quantitative estimate of drug-likeness (QED) is 0.795. The minimum atomic E-state index is 0.0986. The van der Waals surface area contributed by atoms with Crippen LogP contribution in [0, 0.1) is 0 Å². The van der Waals surface area contributed by atoms with Crippen LogP contribution in [0.2, 0.25) is 0 Å². The van der Waals surface area contributed by atoms with Crippen molar-refractivity contribution in [3.05, 3.63) is 35.4 Å². The van der Waals surface area contributed by atoms with Crippen LogP contribution < -0.4 is 0 Å². The number of halogens is 1. The van der Waals surface area contributed by atoms with Crippen LogP contribution in [0.25, 0.3) is 0 Å². The molecule has 4 heteroatoms. The summed E-state index contributed by atoms with van der Waals surface area (Å²) in [6.07, 6.45) is 2.10. The summed E-state index contributed by atoms with van der Waals surface area (Å²) in [7, 11) is 4.04. The third-order valence-electron chi connectivity index (χ3n) is 3.88. The molecular formula is C15H21ClN2O. The molecule has 0 N–H and O–H groups in total. The number of nitrogens with zero attached hydrogens (tertiary/aromatic N) is 2. The van der Waals surface area contributed by atoms with Crippen LogP contribution in [-0.2, 0) is 5.88 Å². The summed E-state index contributed by atoms with van der Waals surface area (Å²) in [4.78, 5) is 16.7. The van der Waals surface area contributed by atoms with Gasteiger partial charge in [-0.1, -0.05) is 12.1 Å². The monoisotopic (exact) mass is 280 g/mol. The van der Waals surface area contributed by atoms with Crippen molar-refractivity contribution in [2.24, 2.45) is 0 Å². The number of likely N-dealkylation sites (tertiary alicyclic amines) is 1. The molecule has 0 radical (unpaired) electrons. The lowest BCUT2D eigenvalue weighted by Gasteiger charge is -2.35. The van der Waals surface area contributed by atoms with E-state index in [4.69, 9.17) is 11.6 Å². The molecule has 0 unspecified atom stereocenters. The Kier molecular flexibility index (Phi) is 4.83. The van der Waals surface area contributed by atoms with Gasteiger partial charge in [0.25, 0.3) is 5.91 Å². The molecule has 3 nitrogen and oxygen atoms in total. The van der Waals surface area contributed by atoms with Crippen LogP contribution in [0.1, 0.15) is 28.8 Å². The zero-order valence-electron chi connectivity index (χ0n) is 11.6. The lowest BCUT2D eigenvalue weighted by atomic mass is 10.0. The fraction of sp³-hybridized carbons (Fsp3) is 0.533. The molecule has 0 aliphatic carbocycles. The molecule has 2 rings (SSSR count). The van der Waals surface area contributed by atoms with Crippen LogP contribution in [0.15, 0.2) is 24.3 Å². The van der Waals surface area contributed by atoms with E-state index in [0.717, 1.165) is 37.1 Å². The van der Waals surface area contributed by atoms with Crippen LogP contribution in [0.3, 0.4) is 0 Å². The van der Waals surface area contributed by atoms with Crippen LogP contribution in [0.5, 0.6) is 0 Å². The Hall–Kier alpha value is -1.06. The van der Waals surface area contributed by atoms with Crippen molar-refractivity contribution in [2.75, 3.05) is 27.2 Å². The van der Waals surface area contributed by atoms with E-state index < -0.39 is 0 Å². The standard InChI is InChI=1S/C15H21ClN2O/c1-17-8-6-14(7-9-17)18(2)15(19)13-5-3-4-12(10-13)11-16/h3-5,10,14H,6-9,11H2,1-2H3. The molecule has 1 fully saturated rings. The van der Waals surface area contributed by atoms with Crippen molar-refractivity contribution >= 4 is 17.5 Å². The summed E-state index contributed by atoms with van der Waals surface area (Å²) < 4.78 is 0. The number of carbonyl (C=O) groups excluding carboxylic acids is 1. The van der Waals surface area contributed by atoms with Crippen molar-refractivity contribution < 1.29 is 4.79 Å². The largest absolute Gasteiger partial charge is 0.339 e. The van der Waals surface area contributed by atoms with Gasteiger partial charge >= 0.3 is 0 Å². The Bertz CT molecular complexity index is 442. The number of piperidine rings is 1. The maximum Gasteiger partial charge on any atom is 0.253 e. The van der Waals surface area contributed by atoms with E-state index in [-0.39, 0.29) is 5.91 Å². The predicted molar refractivity (Wildman–Crippen MR) is 78.6 cm³/mol. The van der Waals surface area contributed by atoms with E-state index >= 15 is 0 Å². The highest BCUT2D eigenvalue weighted by Crippen LogP contribution is 2.17. The summed E-state index contributed by atoms with van der Waals surface area (Å²) in [5.41, 5.74) is 1.73. The molecule has 1 heterocycles. The molecule has 1 aliphatic heterocycles. The van der Waals surface area contributed by atoms with E-state index in [2.05, 4.69) is 11.9 Å². The Morgan fingerprint density at radius 2 is 2.11 bits per heavy atom. The first-order valence-corrected chi connectivity index (χ1v) is 7.26. The molecule has 0 atom stereocenters. The zero-order valence-corrected chi connectivity index (χ0v) is 12.4. The van der Waals surface area contributed by atoms with Gasteiger partial charge in [-0.2, -0.15) is 0 Å². The molecule has 19 heavy (non-hydrogen) atoms. The molecule has 0 bridgehead atoms. The van der Waals surface area contributed by atoms with Crippen LogP contribution >= 0.6 is 11.6 Å². The van der Waals surface area contributed by atoms with Gasteiger partial charge in [0.15, 0.2) is 0 Å². The van der Waals surface area contributed by atoms with E-state index in [1.54, 1.807) is 0 Å². The molecule has 1 amide bonds. The maximum absolute atomic E-state index is 12.5. The van der Waals surface area contributed by atoms with Gasteiger partial charge in [-0.3, -0.25) is 4.79 Å². The van der Waals surface area contributed by atoms with Crippen molar-refractivity contribution in [1.82, 2.24) is 9.80 Å². The van der Waals surface area contributed by atoms with E-state index in [1.807, 2.05) is 36.2 Å². The summed E-state index contributed by atoms with van der Waals surface area (Å²) in [5, 5.41) is 0. The van der Waals surface area contributed by atoms with E-state index in [9.17, 15) is 4.79 Å². The molecule has 1 saturated heterocycles. The van der Waals surface area contributed by atoms with E-state index in [1.165, 1.54) is 0 Å². The second-order valence-electron chi connectivity index (χ2n) is 5.28. The minimum Gasteiger partial charge on any atom is -0.339 e. The van der Waals surface area contributed by atoms with Gasteiger partial charge in [0.2, 0.25) is 0 Å². The summed E-state index contributed by atoms with van der Waals surface area (Å²) in [6, 6.07) is 7.94. The molecule has 0 spiro atoms. The van der Waals surface area contributed by atoms with Gasteiger partial charge in [0.1, 0.15) is 0 Å². The second-order valence-corrected chi connectivity index (χ2v) is 5.55. The Morgan fingerprint density at radius 3 is 2.74 bits per heavy atom. The highest BCUT2D eigenvalue weighted by atomic mass is 35.5. The molecule has 1 aliphatic rings. The number of alkyl halides is 1. The highest BCUT2D eigenvalue weighted by molar-refractivity contribution is 6.17. The SMILES string of the molecule is CN1CCC(N(C)C(=O)c2cccc(CCl)c2)CC1. The van der Waals surface area contributed by atoms with Crippen molar-refractivity contribution in [1.29, 1.82) is 0 Å². The molecular weight excluding hydrogens is 260 g/mol. The molecule has 104 valence electrons. The smallest absolute Gasteiger partial charge is 0.253 e. The van der Waals surface area contributed by atoms with Crippen LogP contribution in [-0.4, -0.2) is 48.9 Å². The number of rotatable bonds is 3. The number of carbonyl (C=O) groups is 1. The van der Waals surface area contributed by atoms with Crippen molar-refractivity contribution in [2.45, 2.75) is 24.8 Å². The zero-order chi connectivity index (χ0) is 13.8. The first kappa shape index (κ1) is 14.4. The predicted octanol–water partition coefficient (Wildman–Crippen LogP) is 2.59. The van der Waals surface area contributed by atoms with Gasteiger partial charge in [0, 0.05) is 24.5 Å². The van der Waals surface area contributed by atoms with Gasteiger partial charge in [0.05, 0.1) is 0 Å². The van der Waals surface area contributed by atoms with E-state index in [0.29, 0.717) is 11.9 Å². The van der Waals surface area contributed by atoms with Gasteiger partial charge in [-0.05, 0) is 50.7 Å². The van der Waals surface area contributed by atoms with Crippen LogP contribution in [0.4, 0.5) is 0 Å². The lowest BCUT2D eigenvalue weighted by Crippen LogP contribution is -2.44. The van der Waals surface area contributed by atoms with Crippen molar-refractivity contribution in [3.8, 4) is 0 Å². The number of hydrogen-bond acceptors (Lipinski definition) is 2. The summed E-state index contributed by atoms with van der Waals surface area (Å²) in [5.74, 6) is 0.542. The molecule has 0 aromatic heterocycles. The number of hydrogen-bond donors (Lipinski definition) is 0. The highest BCUT2D eigenvalue weighted by Gasteiger charge is 2.24. The number of benzene rings is 1. The normalized spacial score (nSPS) is 17.4. The molecule has 1 aromatic rings. The molecule has 1 aromatic carbocycles. The fourth-order valence-corrected chi connectivity index (χ4v) is 2.71. The maximum atomic E-state index is 12.5. The first-order valence-electron chi connectivity index (χ1n) is 6.72. The average molecular weight is 281 g/mol. The lowest BCUT2D eigenvalue weighted by molar-refractivity contribution is 0.0659. The first-order chi connectivity index (χ1) is 9.11.